The van der Waals surface area contributed by atoms with E-state index in [9.17, 15) is 13.2 Å². The van der Waals surface area contributed by atoms with Crippen molar-refractivity contribution < 1.29 is 17.9 Å². The third-order valence-corrected chi connectivity index (χ3v) is 5.77. The van der Waals surface area contributed by atoms with Gasteiger partial charge in [-0.25, -0.2) is 8.42 Å². The molecule has 0 unspecified atom stereocenters. The monoisotopic (exact) mass is 326 g/mol. The second kappa shape index (κ2) is 5.74. The molecule has 2 N–H and O–H groups in total. The Morgan fingerprint density at radius 1 is 1.29 bits per heavy atom. The van der Waals surface area contributed by atoms with Crippen LogP contribution in [0, 0.1) is 0 Å². The summed E-state index contributed by atoms with van der Waals surface area (Å²) in [7, 11) is -0.752. The van der Waals surface area contributed by atoms with E-state index in [2.05, 4.69) is 0 Å². The standard InChI is InChI=1S/C13H14N2O4S2/c1-15(9-3-5-10(19-2)6-4-9)21(17,18)11-7-12(13(14)16)20-8-11/h3-8H,1-2H3,(H2,14,16). The van der Waals surface area contributed by atoms with Crippen LogP contribution in [0.25, 0.3) is 0 Å². The number of thiophene rings is 1. The lowest BCUT2D eigenvalue weighted by molar-refractivity contribution is 0.100. The van der Waals surface area contributed by atoms with Gasteiger partial charge in [-0.15, -0.1) is 11.3 Å². The van der Waals surface area contributed by atoms with Crippen LogP contribution in [0.3, 0.4) is 0 Å². The third-order valence-electron chi connectivity index (χ3n) is 2.91. The molecule has 6 nitrogen and oxygen atoms in total. The van der Waals surface area contributed by atoms with E-state index in [-0.39, 0.29) is 9.77 Å². The summed E-state index contributed by atoms with van der Waals surface area (Å²) in [4.78, 5) is 11.3. The molecule has 0 bridgehead atoms. The van der Waals surface area contributed by atoms with Crippen molar-refractivity contribution in [3.05, 3.63) is 40.6 Å². The Labute approximate surface area is 126 Å². The number of anilines is 1. The molecule has 0 aliphatic heterocycles. The molecule has 0 aliphatic rings. The van der Waals surface area contributed by atoms with Gasteiger partial charge in [0, 0.05) is 12.4 Å². The maximum atomic E-state index is 12.5. The van der Waals surface area contributed by atoms with Gasteiger partial charge in [-0.3, -0.25) is 9.10 Å². The Morgan fingerprint density at radius 3 is 2.38 bits per heavy atom. The van der Waals surface area contributed by atoms with Crippen molar-refractivity contribution in [2.24, 2.45) is 5.73 Å². The largest absolute Gasteiger partial charge is 0.497 e. The maximum absolute atomic E-state index is 12.5. The van der Waals surface area contributed by atoms with Gasteiger partial charge in [0.2, 0.25) is 0 Å². The van der Waals surface area contributed by atoms with Gasteiger partial charge in [-0.05, 0) is 30.3 Å². The molecule has 1 amide bonds. The van der Waals surface area contributed by atoms with Gasteiger partial charge in [-0.1, -0.05) is 0 Å². The Balaban J connectivity index is 2.34. The first-order valence-electron chi connectivity index (χ1n) is 5.87. The van der Waals surface area contributed by atoms with E-state index < -0.39 is 15.9 Å². The maximum Gasteiger partial charge on any atom is 0.264 e. The van der Waals surface area contributed by atoms with Gasteiger partial charge in [-0.2, -0.15) is 0 Å². The Morgan fingerprint density at radius 2 is 1.90 bits per heavy atom. The first kappa shape index (κ1) is 15.3. The smallest absolute Gasteiger partial charge is 0.264 e. The summed E-state index contributed by atoms with van der Waals surface area (Å²) in [6.07, 6.45) is 0. The van der Waals surface area contributed by atoms with Gasteiger partial charge in [0.05, 0.1) is 22.6 Å². The number of carbonyl (C=O) groups is 1. The third kappa shape index (κ3) is 3.01. The Hall–Kier alpha value is -2.06. The predicted molar refractivity (Wildman–Crippen MR) is 81.4 cm³/mol. The molecule has 1 aromatic heterocycles. The van der Waals surface area contributed by atoms with Gasteiger partial charge in [0.25, 0.3) is 15.9 Å². The SMILES string of the molecule is COc1ccc(N(C)S(=O)(=O)c2csc(C(N)=O)c2)cc1. The van der Waals surface area contributed by atoms with Crippen molar-refractivity contribution in [1.29, 1.82) is 0 Å². The number of primary amides is 1. The molecule has 1 aromatic carbocycles. The van der Waals surface area contributed by atoms with Crippen LogP contribution < -0.4 is 14.8 Å². The van der Waals surface area contributed by atoms with Crippen molar-refractivity contribution in [2.75, 3.05) is 18.5 Å². The van der Waals surface area contributed by atoms with Crippen LogP contribution in [0.4, 0.5) is 5.69 Å². The average Bonchev–Trinajstić information content (AvgIpc) is 2.97. The number of amides is 1. The van der Waals surface area contributed by atoms with E-state index in [0.29, 0.717) is 11.4 Å². The summed E-state index contributed by atoms with van der Waals surface area (Å²) in [6.45, 7) is 0. The molecule has 0 aliphatic carbocycles. The molecular formula is C13H14N2O4S2. The molecule has 2 rings (SSSR count). The zero-order valence-electron chi connectivity index (χ0n) is 11.4. The highest BCUT2D eigenvalue weighted by Crippen LogP contribution is 2.26. The first-order chi connectivity index (χ1) is 9.86. The Kier molecular flexibility index (Phi) is 4.19. The number of nitrogens with two attached hydrogens (primary N) is 1. The Bertz CT molecular complexity index is 751. The molecular weight excluding hydrogens is 312 g/mol. The molecule has 0 saturated heterocycles. The lowest BCUT2D eigenvalue weighted by Crippen LogP contribution is -2.26. The summed E-state index contributed by atoms with van der Waals surface area (Å²) in [6, 6.07) is 7.89. The van der Waals surface area contributed by atoms with Crippen LogP contribution in [-0.4, -0.2) is 28.5 Å². The van der Waals surface area contributed by atoms with Crippen molar-refractivity contribution in [2.45, 2.75) is 4.90 Å². The van der Waals surface area contributed by atoms with E-state index in [1.54, 1.807) is 24.3 Å². The molecule has 21 heavy (non-hydrogen) atoms. The predicted octanol–water partition coefficient (Wildman–Crippen LogP) is 1.68. The molecule has 8 heteroatoms. The van der Waals surface area contributed by atoms with Crippen molar-refractivity contribution in [3.63, 3.8) is 0 Å². The first-order valence-corrected chi connectivity index (χ1v) is 8.19. The zero-order chi connectivity index (χ0) is 15.6. The topological polar surface area (TPSA) is 89.7 Å². The van der Waals surface area contributed by atoms with Crippen molar-refractivity contribution in [1.82, 2.24) is 0 Å². The second-order valence-corrected chi connectivity index (χ2v) is 7.06. The van der Waals surface area contributed by atoms with Crippen LogP contribution in [0.5, 0.6) is 5.75 Å². The second-order valence-electron chi connectivity index (χ2n) is 4.18. The molecule has 0 saturated carbocycles. The number of hydrogen-bond donors (Lipinski definition) is 1. The van der Waals surface area contributed by atoms with E-state index in [1.807, 2.05) is 0 Å². The van der Waals surface area contributed by atoms with Crippen molar-refractivity contribution >= 4 is 33.0 Å². The highest BCUT2D eigenvalue weighted by molar-refractivity contribution is 7.93. The van der Waals surface area contributed by atoms with E-state index in [1.165, 1.54) is 25.6 Å². The van der Waals surface area contributed by atoms with E-state index >= 15 is 0 Å². The normalized spacial score (nSPS) is 11.1. The summed E-state index contributed by atoms with van der Waals surface area (Å²) < 4.78 is 31.1. The summed E-state index contributed by atoms with van der Waals surface area (Å²) in [5, 5.41) is 1.40. The van der Waals surface area contributed by atoms with Gasteiger partial charge in [0.1, 0.15) is 5.75 Å². The highest BCUT2D eigenvalue weighted by Gasteiger charge is 2.23. The van der Waals surface area contributed by atoms with Crippen LogP contribution in [0.2, 0.25) is 0 Å². The molecule has 2 aromatic rings. The minimum absolute atomic E-state index is 0.0413. The fourth-order valence-corrected chi connectivity index (χ4v) is 3.98. The van der Waals surface area contributed by atoms with Crippen LogP contribution in [0.1, 0.15) is 9.67 Å². The molecule has 0 atom stereocenters. The fraction of sp³-hybridized carbons (Fsp3) is 0.154. The van der Waals surface area contributed by atoms with Crippen molar-refractivity contribution in [3.8, 4) is 5.75 Å². The van der Waals surface area contributed by atoms with E-state index in [0.717, 1.165) is 15.6 Å². The van der Waals surface area contributed by atoms with Crippen LogP contribution >= 0.6 is 11.3 Å². The minimum atomic E-state index is -3.73. The zero-order valence-corrected chi connectivity index (χ0v) is 13.1. The van der Waals surface area contributed by atoms with Gasteiger partial charge in [0.15, 0.2) is 0 Å². The summed E-state index contributed by atoms with van der Waals surface area (Å²) >= 11 is 1.00. The molecule has 0 fully saturated rings. The number of ether oxygens (including phenoxy) is 1. The molecule has 0 spiro atoms. The number of methoxy groups -OCH3 is 1. The number of nitrogens with zero attached hydrogens (tertiary/aromatic N) is 1. The lowest BCUT2D eigenvalue weighted by Gasteiger charge is -2.18. The van der Waals surface area contributed by atoms with E-state index in [4.69, 9.17) is 10.5 Å². The lowest BCUT2D eigenvalue weighted by atomic mass is 10.3. The molecule has 0 radical (unpaired) electrons. The summed E-state index contributed by atoms with van der Waals surface area (Å²) in [5.41, 5.74) is 5.63. The average molecular weight is 326 g/mol. The number of rotatable bonds is 5. The quantitative estimate of drug-likeness (QED) is 0.905. The van der Waals surface area contributed by atoms with Gasteiger partial charge < -0.3 is 10.5 Å². The number of benzene rings is 1. The number of sulfonamides is 1. The highest BCUT2D eigenvalue weighted by atomic mass is 32.2. The van der Waals surface area contributed by atoms with Crippen LogP contribution in [-0.2, 0) is 10.0 Å². The number of carbonyl (C=O) groups excluding carboxylic acids is 1. The molecule has 112 valence electrons. The minimum Gasteiger partial charge on any atom is -0.497 e. The van der Waals surface area contributed by atoms with Gasteiger partial charge >= 0.3 is 0 Å². The van der Waals surface area contributed by atoms with Crippen LogP contribution in [0.15, 0.2) is 40.6 Å². The molecule has 1 heterocycles. The fourth-order valence-electron chi connectivity index (χ4n) is 1.67. The summed E-state index contributed by atoms with van der Waals surface area (Å²) in [5.74, 6) is -0.00959. The number of hydrogen-bond acceptors (Lipinski definition) is 5.